The summed E-state index contributed by atoms with van der Waals surface area (Å²) in [5, 5.41) is 0.377. The lowest BCUT2D eigenvalue weighted by Gasteiger charge is -2.06. The van der Waals surface area contributed by atoms with E-state index in [1.54, 1.807) is 18.2 Å². The maximum atomic E-state index is 11.9. The summed E-state index contributed by atoms with van der Waals surface area (Å²) in [7, 11) is -1.30. The molecule has 0 aliphatic carbocycles. The van der Waals surface area contributed by atoms with Gasteiger partial charge in [0.05, 0.1) is 27.4 Å². The van der Waals surface area contributed by atoms with Gasteiger partial charge in [-0.25, -0.2) is 0 Å². The van der Waals surface area contributed by atoms with Crippen LogP contribution in [0.2, 0.25) is 5.02 Å². The van der Waals surface area contributed by atoms with E-state index in [9.17, 15) is 8.60 Å². The summed E-state index contributed by atoms with van der Waals surface area (Å²) in [4.78, 5) is 0.419. The molecule has 0 fully saturated rings. The molecule has 1 aromatic carbocycles. The summed E-state index contributed by atoms with van der Waals surface area (Å²) in [6.07, 6.45) is 0.261. The van der Waals surface area contributed by atoms with Gasteiger partial charge in [0.15, 0.2) is 0 Å². The van der Waals surface area contributed by atoms with Gasteiger partial charge in [-0.2, -0.15) is 0 Å². The van der Waals surface area contributed by atoms with Crippen molar-refractivity contribution in [3.8, 4) is 0 Å². The van der Waals surface area contributed by atoms with Crippen molar-refractivity contribution in [3.63, 3.8) is 0 Å². The van der Waals surface area contributed by atoms with Gasteiger partial charge in [0.25, 0.3) is 0 Å². The van der Waals surface area contributed by atoms with E-state index >= 15 is 0 Å². The van der Waals surface area contributed by atoms with Crippen molar-refractivity contribution < 1.29 is 8.60 Å². The number of hydrogen-bond donors (Lipinski definition) is 1. The highest BCUT2D eigenvalue weighted by molar-refractivity contribution is 7.85. The Morgan fingerprint density at radius 3 is 2.79 bits per heavy atom. The second-order valence-electron chi connectivity index (χ2n) is 2.75. The molecule has 0 amide bonds. The lowest BCUT2D eigenvalue weighted by Crippen LogP contribution is -2.03. The molecule has 0 saturated heterocycles. The molecule has 2 N–H and O–H groups in total. The first-order valence-electron chi connectivity index (χ1n) is 4.15. The summed E-state index contributed by atoms with van der Waals surface area (Å²) < 4.78 is 23.5. The van der Waals surface area contributed by atoms with Crippen LogP contribution in [0.1, 0.15) is 6.42 Å². The van der Waals surface area contributed by atoms with E-state index in [-0.39, 0.29) is 12.2 Å². The first-order valence-corrected chi connectivity index (χ1v) is 5.85. The molecule has 0 radical (unpaired) electrons. The summed E-state index contributed by atoms with van der Waals surface area (Å²) >= 11 is 5.84. The fourth-order valence-corrected chi connectivity index (χ4v) is 2.69. The highest BCUT2D eigenvalue weighted by Crippen LogP contribution is 2.25. The third kappa shape index (κ3) is 2.69. The zero-order valence-electron chi connectivity index (χ0n) is 7.50. The number of rotatable bonds is 4. The van der Waals surface area contributed by atoms with Gasteiger partial charge in [-0.05, 0) is 18.6 Å². The minimum Gasteiger partial charge on any atom is -0.398 e. The van der Waals surface area contributed by atoms with Crippen LogP contribution in [0.15, 0.2) is 23.1 Å². The molecule has 1 rings (SSSR count). The Morgan fingerprint density at radius 2 is 2.21 bits per heavy atom. The van der Waals surface area contributed by atoms with Crippen LogP contribution < -0.4 is 5.73 Å². The Kier molecular flexibility index (Phi) is 4.35. The molecule has 0 aliphatic heterocycles. The van der Waals surface area contributed by atoms with Crippen LogP contribution in [0.5, 0.6) is 0 Å². The molecule has 1 atom stereocenters. The van der Waals surface area contributed by atoms with Crippen molar-refractivity contribution >= 4 is 28.1 Å². The van der Waals surface area contributed by atoms with E-state index in [4.69, 9.17) is 17.3 Å². The first kappa shape index (κ1) is 11.5. The van der Waals surface area contributed by atoms with Gasteiger partial charge in [-0.1, -0.05) is 17.7 Å². The number of benzene rings is 1. The van der Waals surface area contributed by atoms with Crippen LogP contribution in [0.4, 0.5) is 10.1 Å². The molecule has 0 aliphatic rings. The number of alkyl halides is 1. The average molecular weight is 236 g/mol. The van der Waals surface area contributed by atoms with Gasteiger partial charge in [-0.15, -0.1) is 0 Å². The fraction of sp³-hybridized carbons (Fsp3) is 0.333. The Labute approximate surface area is 89.7 Å². The van der Waals surface area contributed by atoms with E-state index in [0.717, 1.165) is 0 Å². The van der Waals surface area contributed by atoms with Gasteiger partial charge >= 0.3 is 0 Å². The number of nitrogens with two attached hydrogens (primary N) is 1. The maximum absolute atomic E-state index is 11.9. The van der Waals surface area contributed by atoms with E-state index in [0.29, 0.717) is 15.6 Å². The molecule has 0 spiro atoms. The number of nitrogen functional groups attached to an aromatic ring is 1. The molecule has 0 saturated carbocycles. The second kappa shape index (κ2) is 5.32. The third-order valence-corrected chi connectivity index (χ3v) is 3.69. The van der Waals surface area contributed by atoms with Gasteiger partial charge in [-0.3, -0.25) is 8.60 Å². The van der Waals surface area contributed by atoms with Crippen LogP contribution in [0, 0.1) is 0 Å². The molecule has 78 valence electrons. The van der Waals surface area contributed by atoms with Crippen LogP contribution in [-0.4, -0.2) is 16.6 Å². The minimum absolute atomic E-state index is 0.254. The molecule has 1 aromatic rings. The largest absolute Gasteiger partial charge is 0.398 e. The topological polar surface area (TPSA) is 43.1 Å². The first-order chi connectivity index (χ1) is 6.66. The van der Waals surface area contributed by atoms with Crippen LogP contribution in [0.25, 0.3) is 0 Å². The highest BCUT2D eigenvalue weighted by Gasteiger charge is 2.11. The number of hydrogen-bond acceptors (Lipinski definition) is 2. The van der Waals surface area contributed by atoms with Crippen LogP contribution >= 0.6 is 11.6 Å². The second-order valence-corrected chi connectivity index (χ2v) is 4.67. The lowest BCUT2D eigenvalue weighted by atomic mass is 10.3. The highest BCUT2D eigenvalue weighted by atomic mass is 35.5. The van der Waals surface area contributed by atoms with E-state index in [2.05, 4.69) is 0 Å². The summed E-state index contributed by atoms with van der Waals surface area (Å²) in [5.74, 6) is 0.254. The molecule has 14 heavy (non-hydrogen) atoms. The van der Waals surface area contributed by atoms with Gasteiger partial charge in [0.1, 0.15) is 0 Å². The zero-order valence-corrected chi connectivity index (χ0v) is 9.08. The Morgan fingerprint density at radius 1 is 1.50 bits per heavy atom. The van der Waals surface area contributed by atoms with Gasteiger partial charge in [0, 0.05) is 11.4 Å². The molecular formula is C9H11ClFNOS. The molecule has 5 heteroatoms. The van der Waals surface area contributed by atoms with Crippen molar-refractivity contribution in [2.24, 2.45) is 0 Å². The smallest absolute Gasteiger partial charge is 0.0903 e. The SMILES string of the molecule is Nc1cccc(Cl)c1S(=O)CCCF. The summed E-state index contributed by atoms with van der Waals surface area (Å²) in [5.41, 5.74) is 6.02. The standard InChI is InChI=1S/C9H11ClFNOS/c10-7-3-1-4-8(12)9(7)14(13)6-2-5-11/h1,3-4H,2,5-6,12H2. The van der Waals surface area contributed by atoms with Crippen molar-refractivity contribution in [3.05, 3.63) is 23.2 Å². The van der Waals surface area contributed by atoms with Crippen molar-refractivity contribution in [2.45, 2.75) is 11.3 Å². The monoisotopic (exact) mass is 235 g/mol. The summed E-state index contributed by atoms with van der Waals surface area (Å²) in [6.45, 7) is -0.476. The molecule has 1 unspecified atom stereocenters. The predicted octanol–water partition coefficient (Wildman–Crippen LogP) is 2.39. The van der Waals surface area contributed by atoms with Gasteiger partial charge < -0.3 is 5.73 Å². The van der Waals surface area contributed by atoms with Gasteiger partial charge in [0.2, 0.25) is 0 Å². The van der Waals surface area contributed by atoms with E-state index < -0.39 is 17.5 Å². The zero-order chi connectivity index (χ0) is 10.6. The Balaban J connectivity index is 2.89. The number of halogens is 2. The van der Waals surface area contributed by atoms with Crippen LogP contribution in [0.3, 0.4) is 0 Å². The Hall–Kier alpha value is -0.610. The van der Waals surface area contributed by atoms with Crippen molar-refractivity contribution in [2.75, 3.05) is 18.2 Å². The fourth-order valence-electron chi connectivity index (χ4n) is 1.05. The average Bonchev–Trinajstić information content (AvgIpc) is 2.14. The molecule has 0 bridgehead atoms. The minimum atomic E-state index is -1.30. The van der Waals surface area contributed by atoms with E-state index in [1.807, 2.05) is 0 Å². The van der Waals surface area contributed by atoms with E-state index in [1.165, 1.54) is 0 Å². The summed E-state index contributed by atoms with van der Waals surface area (Å²) in [6, 6.07) is 4.95. The quantitative estimate of drug-likeness (QED) is 0.815. The number of anilines is 1. The maximum Gasteiger partial charge on any atom is 0.0903 e. The predicted molar refractivity (Wildman–Crippen MR) is 57.7 cm³/mol. The molecule has 0 heterocycles. The molecular weight excluding hydrogens is 225 g/mol. The van der Waals surface area contributed by atoms with Crippen LogP contribution in [-0.2, 0) is 10.8 Å². The van der Waals surface area contributed by atoms with Crippen molar-refractivity contribution in [1.29, 1.82) is 0 Å². The normalized spacial score (nSPS) is 12.7. The lowest BCUT2D eigenvalue weighted by molar-refractivity contribution is 0.488. The Bertz CT molecular complexity index is 325. The molecule has 2 nitrogen and oxygen atoms in total. The third-order valence-electron chi connectivity index (χ3n) is 1.69. The van der Waals surface area contributed by atoms with Crippen molar-refractivity contribution in [1.82, 2.24) is 0 Å². The molecule has 0 aromatic heterocycles.